The Morgan fingerprint density at radius 2 is 2.00 bits per heavy atom. The van der Waals surface area contributed by atoms with Crippen LogP contribution >= 0.6 is 0 Å². The van der Waals surface area contributed by atoms with Gasteiger partial charge >= 0.3 is 0 Å². The van der Waals surface area contributed by atoms with Gasteiger partial charge in [0.25, 0.3) is 0 Å². The molecule has 0 aromatic rings. The molecule has 4 N–H and O–H groups in total. The van der Waals surface area contributed by atoms with E-state index in [4.69, 9.17) is 11.5 Å². The summed E-state index contributed by atoms with van der Waals surface area (Å²) < 4.78 is 0. The van der Waals surface area contributed by atoms with Crippen LogP contribution in [0.5, 0.6) is 0 Å². The number of nitrogens with two attached hydrogens (primary N) is 2. The Balaban J connectivity index is 3.38. The normalized spacial score (nSPS) is 18.2. The first-order chi connectivity index (χ1) is 4.18. The van der Waals surface area contributed by atoms with Gasteiger partial charge in [-0.15, -0.1) is 0 Å². The van der Waals surface area contributed by atoms with Crippen molar-refractivity contribution in [2.24, 2.45) is 11.5 Å². The van der Waals surface area contributed by atoms with Gasteiger partial charge in [-0.1, -0.05) is 12.2 Å². The number of rotatable bonds is 3. The van der Waals surface area contributed by atoms with Crippen LogP contribution in [0, 0.1) is 0 Å². The van der Waals surface area contributed by atoms with E-state index >= 15 is 0 Å². The minimum Gasteiger partial charge on any atom is -0.327 e. The summed E-state index contributed by atoms with van der Waals surface area (Å²) >= 11 is 0. The third-order valence-electron chi connectivity index (χ3n) is 1.32. The van der Waals surface area contributed by atoms with Gasteiger partial charge in [0, 0.05) is 12.1 Å². The van der Waals surface area contributed by atoms with E-state index in [2.05, 4.69) is 0 Å². The van der Waals surface area contributed by atoms with Crippen molar-refractivity contribution < 1.29 is 0 Å². The van der Waals surface area contributed by atoms with Gasteiger partial charge in [-0.05, 0) is 20.3 Å². The van der Waals surface area contributed by atoms with Crippen LogP contribution in [0.2, 0.25) is 0 Å². The molecule has 0 radical (unpaired) electrons. The lowest BCUT2D eigenvalue weighted by Crippen LogP contribution is -2.38. The molecule has 0 fully saturated rings. The van der Waals surface area contributed by atoms with Crippen LogP contribution in [0.1, 0.15) is 20.3 Å². The Hall–Kier alpha value is -0.340. The lowest BCUT2D eigenvalue weighted by atomic mass is 10.1. The van der Waals surface area contributed by atoms with E-state index in [-0.39, 0.29) is 12.1 Å². The summed E-state index contributed by atoms with van der Waals surface area (Å²) in [6, 6.07) is 0.211. The predicted molar refractivity (Wildman–Crippen MR) is 41.1 cm³/mol. The molecule has 2 unspecified atom stereocenters. The summed E-state index contributed by atoms with van der Waals surface area (Å²) in [5.74, 6) is 0. The van der Waals surface area contributed by atoms with Crippen molar-refractivity contribution in [1.29, 1.82) is 0 Å². The van der Waals surface area contributed by atoms with Gasteiger partial charge in [0.15, 0.2) is 0 Å². The van der Waals surface area contributed by atoms with Crippen molar-refractivity contribution in [2.45, 2.75) is 32.4 Å². The van der Waals surface area contributed by atoms with E-state index in [0.717, 1.165) is 6.42 Å². The molecule has 2 atom stereocenters. The molecule has 0 aliphatic rings. The van der Waals surface area contributed by atoms with Crippen LogP contribution in [-0.4, -0.2) is 12.1 Å². The maximum Gasteiger partial charge on any atom is 0.0224 e. The molecule has 0 saturated carbocycles. The minimum absolute atomic E-state index is 0.0983. The average molecular weight is 128 g/mol. The molecule has 0 aliphatic carbocycles. The quantitative estimate of drug-likeness (QED) is 0.548. The Morgan fingerprint density at radius 3 is 2.33 bits per heavy atom. The summed E-state index contributed by atoms with van der Waals surface area (Å²) in [4.78, 5) is 0. The second-order valence-electron chi connectivity index (χ2n) is 2.33. The Bertz CT molecular complexity index is 86.9. The van der Waals surface area contributed by atoms with Crippen molar-refractivity contribution in [1.82, 2.24) is 0 Å². The summed E-state index contributed by atoms with van der Waals surface area (Å²) in [6.45, 7) is 3.90. The molecule has 0 spiro atoms. The second kappa shape index (κ2) is 4.53. The zero-order chi connectivity index (χ0) is 7.28. The first-order valence-corrected chi connectivity index (χ1v) is 3.30. The molecule has 0 bridgehead atoms. The van der Waals surface area contributed by atoms with Gasteiger partial charge in [0.2, 0.25) is 0 Å². The average Bonchev–Trinajstić information content (AvgIpc) is 1.82. The van der Waals surface area contributed by atoms with Gasteiger partial charge in [-0.25, -0.2) is 0 Å². The molecule has 0 saturated heterocycles. The molecule has 54 valence electrons. The maximum atomic E-state index is 5.63. The molecular weight excluding hydrogens is 112 g/mol. The highest BCUT2D eigenvalue weighted by Crippen LogP contribution is 1.92. The fourth-order valence-corrected chi connectivity index (χ4v) is 0.508. The van der Waals surface area contributed by atoms with Crippen LogP contribution in [0.3, 0.4) is 0 Å². The highest BCUT2D eigenvalue weighted by Gasteiger charge is 2.03. The summed E-state index contributed by atoms with van der Waals surface area (Å²) in [6.07, 6.45) is 4.91. The highest BCUT2D eigenvalue weighted by molar-refractivity contribution is 4.85. The Morgan fingerprint density at radius 1 is 1.44 bits per heavy atom. The van der Waals surface area contributed by atoms with Crippen LogP contribution < -0.4 is 11.5 Å². The Labute approximate surface area is 56.9 Å². The first kappa shape index (κ1) is 8.66. The van der Waals surface area contributed by atoms with Crippen LogP contribution in [0.25, 0.3) is 0 Å². The first-order valence-electron chi connectivity index (χ1n) is 3.30. The zero-order valence-electron chi connectivity index (χ0n) is 6.17. The van der Waals surface area contributed by atoms with Gasteiger partial charge in [-0.3, -0.25) is 0 Å². The van der Waals surface area contributed by atoms with Crippen molar-refractivity contribution in [2.75, 3.05) is 0 Å². The zero-order valence-corrected chi connectivity index (χ0v) is 6.17. The molecule has 2 heteroatoms. The van der Waals surface area contributed by atoms with Crippen molar-refractivity contribution >= 4 is 0 Å². The lowest BCUT2D eigenvalue weighted by Gasteiger charge is -2.11. The summed E-state index contributed by atoms with van der Waals surface area (Å²) in [5.41, 5.74) is 11.1. The topological polar surface area (TPSA) is 52.0 Å². The fraction of sp³-hybridized carbons (Fsp3) is 0.714. The Kier molecular flexibility index (Phi) is 4.36. The van der Waals surface area contributed by atoms with Crippen LogP contribution in [0.4, 0.5) is 0 Å². The molecule has 0 heterocycles. The fourth-order valence-electron chi connectivity index (χ4n) is 0.508. The third kappa shape index (κ3) is 4.18. The largest absolute Gasteiger partial charge is 0.327 e. The third-order valence-corrected chi connectivity index (χ3v) is 1.32. The van der Waals surface area contributed by atoms with E-state index in [1.54, 1.807) is 0 Å². The molecule has 0 aromatic heterocycles. The lowest BCUT2D eigenvalue weighted by molar-refractivity contribution is 0.566. The molecule has 0 rings (SSSR count). The minimum atomic E-state index is 0.0983. The van der Waals surface area contributed by atoms with Gasteiger partial charge in [0.05, 0.1) is 0 Å². The molecule has 0 aromatic carbocycles. The van der Waals surface area contributed by atoms with Crippen LogP contribution in [0.15, 0.2) is 12.2 Å². The van der Waals surface area contributed by atoms with E-state index in [1.165, 1.54) is 0 Å². The van der Waals surface area contributed by atoms with Gasteiger partial charge in [0.1, 0.15) is 0 Å². The molecule has 2 nitrogen and oxygen atoms in total. The van der Waals surface area contributed by atoms with Crippen molar-refractivity contribution in [3.05, 3.63) is 12.2 Å². The predicted octanol–water partition coefficient (Wildman–Crippen LogP) is 0.627. The van der Waals surface area contributed by atoms with E-state index in [1.807, 2.05) is 26.0 Å². The van der Waals surface area contributed by atoms with Crippen molar-refractivity contribution in [3.8, 4) is 0 Å². The highest BCUT2D eigenvalue weighted by atomic mass is 14.8. The molecule has 9 heavy (non-hydrogen) atoms. The van der Waals surface area contributed by atoms with Gasteiger partial charge in [-0.2, -0.15) is 0 Å². The number of hydrogen-bond acceptors (Lipinski definition) is 2. The van der Waals surface area contributed by atoms with E-state index in [0.29, 0.717) is 0 Å². The number of allylic oxidation sites excluding steroid dienone is 1. The van der Waals surface area contributed by atoms with Gasteiger partial charge < -0.3 is 11.5 Å². The maximum absolute atomic E-state index is 5.63. The molecule has 0 aliphatic heterocycles. The van der Waals surface area contributed by atoms with E-state index in [9.17, 15) is 0 Å². The molecule has 0 amide bonds. The number of hydrogen-bond donors (Lipinski definition) is 2. The smallest absolute Gasteiger partial charge is 0.0224 e. The van der Waals surface area contributed by atoms with Crippen molar-refractivity contribution in [3.63, 3.8) is 0 Å². The second-order valence-corrected chi connectivity index (χ2v) is 2.33. The standard InChI is InChI=1S/C7H16N2/c1-3-4-5-7(9)6(2)8/h3-4,6-7H,5,8-9H2,1-2H3/b4-3+. The SMILES string of the molecule is C/C=C/CC(N)C(C)N. The molecular formula is C7H16N2. The van der Waals surface area contributed by atoms with E-state index < -0.39 is 0 Å². The summed E-state index contributed by atoms with van der Waals surface area (Å²) in [7, 11) is 0. The summed E-state index contributed by atoms with van der Waals surface area (Å²) in [5, 5.41) is 0. The monoisotopic (exact) mass is 128 g/mol. The van der Waals surface area contributed by atoms with Crippen LogP contribution in [-0.2, 0) is 0 Å².